The Balaban J connectivity index is 1.77. The summed E-state index contributed by atoms with van der Waals surface area (Å²) in [4.78, 5) is 14.0. The Labute approximate surface area is 140 Å². The second-order valence-electron chi connectivity index (χ2n) is 5.19. The molecule has 1 aromatic rings. The molecule has 1 aromatic carbocycles. The Morgan fingerprint density at radius 3 is 2.48 bits per heavy atom. The van der Waals surface area contributed by atoms with Gasteiger partial charge in [-0.3, -0.25) is 4.79 Å². The van der Waals surface area contributed by atoms with Crippen molar-refractivity contribution in [2.45, 2.75) is 32.2 Å². The minimum atomic E-state index is 0.213. The van der Waals surface area contributed by atoms with Gasteiger partial charge in [-0.15, -0.1) is 0 Å². The van der Waals surface area contributed by atoms with Crippen molar-refractivity contribution in [2.24, 2.45) is 0 Å². The number of halogens is 3. The average molecular weight is 350 g/mol. The lowest BCUT2D eigenvalue weighted by molar-refractivity contribution is -0.131. The molecule has 1 amide bonds. The third-order valence-corrected chi connectivity index (χ3v) is 4.86. The summed E-state index contributed by atoms with van der Waals surface area (Å²) in [6.45, 7) is 2.90. The molecule has 0 bridgehead atoms. The molecule has 0 aromatic heterocycles. The van der Waals surface area contributed by atoms with Crippen LogP contribution in [0.15, 0.2) is 12.1 Å². The summed E-state index contributed by atoms with van der Waals surface area (Å²) >= 11 is 18.2. The maximum absolute atomic E-state index is 12.0. The second-order valence-corrected chi connectivity index (χ2v) is 6.38. The molecular formula is C15H19Cl3N2O. The van der Waals surface area contributed by atoms with Crippen LogP contribution < -0.4 is 5.32 Å². The van der Waals surface area contributed by atoms with Crippen LogP contribution in [-0.2, 0) is 11.3 Å². The number of likely N-dealkylation sites (tertiary alicyclic amines) is 1. The number of benzene rings is 1. The van der Waals surface area contributed by atoms with E-state index in [2.05, 4.69) is 5.32 Å². The molecule has 2 rings (SSSR count). The predicted octanol–water partition coefficient (Wildman–Crippen LogP) is 4.14. The summed E-state index contributed by atoms with van der Waals surface area (Å²) in [5.74, 6) is 0.213. The Kier molecular flexibility index (Phi) is 6.62. The molecule has 6 heteroatoms. The first-order valence-electron chi connectivity index (χ1n) is 7.20. The standard InChI is InChI=1S/C15H19Cl3N2O/c16-12-4-5-13(17)15(18)11(12)10-19-7-6-14(21)20-8-2-1-3-9-20/h4-5,19H,1-3,6-10H2. The van der Waals surface area contributed by atoms with Crippen LogP contribution in [0.4, 0.5) is 0 Å². The van der Waals surface area contributed by atoms with Gasteiger partial charge in [0.2, 0.25) is 5.91 Å². The van der Waals surface area contributed by atoms with Crippen LogP contribution in [0, 0.1) is 0 Å². The molecule has 3 nitrogen and oxygen atoms in total. The Hall–Kier alpha value is -0.480. The van der Waals surface area contributed by atoms with Crippen LogP contribution in [0.2, 0.25) is 15.1 Å². The van der Waals surface area contributed by atoms with E-state index in [0.29, 0.717) is 34.6 Å². The van der Waals surface area contributed by atoms with Crippen molar-refractivity contribution in [3.05, 3.63) is 32.8 Å². The number of nitrogens with zero attached hydrogens (tertiary/aromatic N) is 1. The molecule has 0 atom stereocenters. The summed E-state index contributed by atoms with van der Waals surface area (Å²) in [5.41, 5.74) is 0.774. The molecule has 1 aliphatic heterocycles. The summed E-state index contributed by atoms with van der Waals surface area (Å²) < 4.78 is 0. The lowest BCUT2D eigenvalue weighted by atomic mass is 10.1. The fourth-order valence-corrected chi connectivity index (χ4v) is 3.12. The number of piperidine rings is 1. The fraction of sp³-hybridized carbons (Fsp3) is 0.533. The molecule has 0 aliphatic carbocycles. The molecule has 21 heavy (non-hydrogen) atoms. The van der Waals surface area contributed by atoms with Gasteiger partial charge in [-0.1, -0.05) is 34.8 Å². The number of amides is 1. The zero-order valence-electron chi connectivity index (χ0n) is 11.8. The summed E-state index contributed by atoms with van der Waals surface area (Å²) in [7, 11) is 0. The minimum Gasteiger partial charge on any atom is -0.343 e. The van der Waals surface area contributed by atoms with Gasteiger partial charge < -0.3 is 10.2 Å². The monoisotopic (exact) mass is 348 g/mol. The number of hydrogen-bond acceptors (Lipinski definition) is 2. The third kappa shape index (κ3) is 4.75. The van der Waals surface area contributed by atoms with E-state index < -0.39 is 0 Å². The van der Waals surface area contributed by atoms with Crippen molar-refractivity contribution in [3.63, 3.8) is 0 Å². The molecule has 1 aliphatic rings. The normalized spacial score (nSPS) is 15.3. The number of nitrogens with one attached hydrogen (secondary N) is 1. The number of hydrogen-bond donors (Lipinski definition) is 1. The summed E-state index contributed by atoms with van der Waals surface area (Å²) in [5, 5.41) is 4.75. The van der Waals surface area contributed by atoms with Crippen LogP contribution >= 0.6 is 34.8 Å². The maximum atomic E-state index is 12.0. The Morgan fingerprint density at radius 2 is 1.76 bits per heavy atom. The van der Waals surface area contributed by atoms with Gasteiger partial charge >= 0.3 is 0 Å². The zero-order chi connectivity index (χ0) is 15.2. The van der Waals surface area contributed by atoms with Crippen LogP contribution in [0.1, 0.15) is 31.2 Å². The lowest BCUT2D eigenvalue weighted by Gasteiger charge is -2.26. The molecule has 1 fully saturated rings. The van der Waals surface area contributed by atoms with E-state index in [-0.39, 0.29) is 5.91 Å². The van der Waals surface area contributed by atoms with Crippen molar-refractivity contribution in [1.82, 2.24) is 10.2 Å². The van der Waals surface area contributed by atoms with Crippen molar-refractivity contribution in [1.29, 1.82) is 0 Å². The molecule has 0 spiro atoms. The van der Waals surface area contributed by atoms with Crippen molar-refractivity contribution >= 4 is 40.7 Å². The van der Waals surface area contributed by atoms with E-state index in [4.69, 9.17) is 34.8 Å². The van der Waals surface area contributed by atoms with Gasteiger partial charge in [-0.2, -0.15) is 0 Å². The van der Waals surface area contributed by atoms with Gasteiger partial charge in [0, 0.05) is 43.2 Å². The van der Waals surface area contributed by atoms with Gasteiger partial charge in [0.05, 0.1) is 10.0 Å². The highest BCUT2D eigenvalue weighted by Gasteiger charge is 2.16. The van der Waals surface area contributed by atoms with E-state index in [1.165, 1.54) is 6.42 Å². The average Bonchev–Trinajstić information content (AvgIpc) is 2.51. The summed E-state index contributed by atoms with van der Waals surface area (Å²) in [6, 6.07) is 3.40. The second kappa shape index (κ2) is 8.23. The molecule has 116 valence electrons. The highest BCUT2D eigenvalue weighted by atomic mass is 35.5. The quantitative estimate of drug-likeness (QED) is 0.640. The van der Waals surface area contributed by atoms with Crippen LogP contribution in [0.3, 0.4) is 0 Å². The molecule has 0 saturated carbocycles. The number of rotatable bonds is 5. The first kappa shape index (κ1) is 16.9. The first-order valence-corrected chi connectivity index (χ1v) is 8.34. The van der Waals surface area contributed by atoms with Crippen LogP contribution in [0.5, 0.6) is 0 Å². The Morgan fingerprint density at radius 1 is 1.10 bits per heavy atom. The molecule has 1 saturated heterocycles. The first-order chi connectivity index (χ1) is 10.1. The summed E-state index contributed by atoms with van der Waals surface area (Å²) in [6.07, 6.45) is 3.96. The Bertz CT molecular complexity index is 502. The number of carbonyl (C=O) groups is 1. The molecule has 0 unspecified atom stereocenters. The molecule has 0 radical (unpaired) electrons. The predicted molar refractivity (Wildman–Crippen MR) is 88.2 cm³/mol. The largest absolute Gasteiger partial charge is 0.343 e. The highest BCUT2D eigenvalue weighted by Crippen LogP contribution is 2.31. The third-order valence-electron chi connectivity index (χ3n) is 3.67. The van der Waals surface area contributed by atoms with Gasteiger partial charge in [0.15, 0.2) is 0 Å². The van der Waals surface area contributed by atoms with E-state index in [0.717, 1.165) is 31.5 Å². The van der Waals surface area contributed by atoms with Crippen LogP contribution in [0.25, 0.3) is 0 Å². The minimum absolute atomic E-state index is 0.213. The van der Waals surface area contributed by atoms with Gasteiger partial charge in [-0.05, 0) is 31.4 Å². The van der Waals surface area contributed by atoms with Gasteiger partial charge in [0.1, 0.15) is 0 Å². The molecule has 1 heterocycles. The van der Waals surface area contributed by atoms with E-state index >= 15 is 0 Å². The topological polar surface area (TPSA) is 32.3 Å². The van der Waals surface area contributed by atoms with Gasteiger partial charge in [0.25, 0.3) is 0 Å². The highest BCUT2D eigenvalue weighted by molar-refractivity contribution is 6.44. The van der Waals surface area contributed by atoms with Crippen molar-refractivity contribution in [2.75, 3.05) is 19.6 Å². The molecule has 1 N–H and O–H groups in total. The molecular weight excluding hydrogens is 331 g/mol. The van der Waals surface area contributed by atoms with Crippen molar-refractivity contribution < 1.29 is 4.79 Å². The lowest BCUT2D eigenvalue weighted by Crippen LogP contribution is -2.37. The van der Waals surface area contributed by atoms with Crippen molar-refractivity contribution in [3.8, 4) is 0 Å². The van der Waals surface area contributed by atoms with Gasteiger partial charge in [-0.25, -0.2) is 0 Å². The zero-order valence-corrected chi connectivity index (χ0v) is 14.1. The maximum Gasteiger partial charge on any atom is 0.223 e. The number of carbonyl (C=O) groups excluding carboxylic acids is 1. The SMILES string of the molecule is O=C(CCNCc1c(Cl)ccc(Cl)c1Cl)N1CCCCC1. The van der Waals surface area contributed by atoms with Crippen LogP contribution in [-0.4, -0.2) is 30.4 Å². The fourth-order valence-electron chi connectivity index (χ4n) is 2.44. The van der Waals surface area contributed by atoms with E-state index in [1.54, 1.807) is 12.1 Å². The van der Waals surface area contributed by atoms with E-state index in [9.17, 15) is 4.79 Å². The smallest absolute Gasteiger partial charge is 0.223 e. The van der Waals surface area contributed by atoms with E-state index in [1.807, 2.05) is 4.90 Å².